The van der Waals surface area contributed by atoms with Crippen LogP contribution in [0.5, 0.6) is 11.5 Å². The zero-order chi connectivity index (χ0) is 13.8. The van der Waals surface area contributed by atoms with Crippen molar-refractivity contribution in [1.82, 2.24) is 0 Å². The third kappa shape index (κ3) is 3.32. The van der Waals surface area contributed by atoms with E-state index in [2.05, 4.69) is 0 Å². The van der Waals surface area contributed by atoms with Gasteiger partial charge in [-0.2, -0.15) is 0 Å². The Kier molecular flexibility index (Phi) is 4.90. The Hall–Kier alpha value is -1.36. The fraction of sp³-hybridized carbons (Fsp3) is 0.538. The molecule has 0 aliphatic heterocycles. The average Bonchev–Trinajstić information content (AvgIpc) is 2.33. The first-order valence-corrected chi connectivity index (χ1v) is 5.77. The van der Waals surface area contributed by atoms with Crippen LogP contribution < -0.4 is 15.2 Å². The highest BCUT2D eigenvalue weighted by Crippen LogP contribution is 2.38. The molecular weight excluding hydrogens is 240 g/mol. The van der Waals surface area contributed by atoms with Crippen LogP contribution in [0.2, 0.25) is 0 Å². The van der Waals surface area contributed by atoms with Gasteiger partial charge in [-0.15, -0.1) is 0 Å². The summed E-state index contributed by atoms with van der Waals surface area (Å²) in [5, 5.41) is 0. The Balaban J connectivity index is 3.27. The number of nitrogens with two attached hydrogens (primary N) is 1. The van der Waals surface area contributed by atoms with E-state index in [1.54, 1.807) is 6.07 Å². The molecule has 0 amide bonds. The van der Waals surface area contributed by atoms with Gasteiger partial charge in [0.15, 0.2) is 11.5 Å². The Morgan fingerprint density at radius 2 is 1.72 bits per heavy atom. The van der Waals surface area contributed by atoms with Crippen LogP contribution in [0, 0.1) is 0 Å². The smallest absolute Gasteiger partial charge is 0.270 e. The van der Waals surface area contributed by atoms with Crippen LogP contribution in [0.1, 0.15) is 24.5 Å². The highest BCUT2D eigenvalue weighted by atomic mass is 19.3. The van der Waals surface area contributed by atoms with Gasteiger partial charge in [-0.25, -0.2) is 8.78 Å². The quantitative estimate of drug-likeness (QED) is 0.854. The molecule has 3 nitrogen and oxygen atoms in total. The second kappa shape index (κ2) is 6.00. The molecule has 2 N–H and O–H groups in total. The van der Waals surface area contributed by atoms with E-state index >= 15 is 0 Å². The van der Waals surface area contributed by atoms with Crippen LogP contribution in [-0.4, -0.2) is 20.8 Å². The molecule has 1 aromatic rings. The van der Waals surface area contributed by atoms with Crippen molar-refractivity contribution in [3.05, 3.63) is 23.3 Å². The SMILES string of the molecule is COc1cc(CCCN)c(C(C)(F)F)cc1OC. The molecule has 0 aliphatic rings. The fourth-order valence-corrected chi connectivity index (χ4v) is 1.83. The molecule has 0 saturated heterocycles. The van der Waals surface area contributed by atoms with E-state index in [1.165, 1.54) is 20.3 Å². The lowest BCUT2D eigenvalue weighted by atomic mass is 9.97. The maximum absolute atomic E-state index is 13.6. The van der Waals surface area contributed by atoms with Gasteiger partial charge in [0.1, 0.15) is 0 Å². The Morgan fingerprint density at radius 1 is 1.17 bits per heavy atom. The summed E-state index contributed by atoms with van der Waals surface area (Å²) in [4.78, 5) is 0. The lowest BCUT2D eigenvalue weighted by Crippen LogP contribution is -2.13. The van der Waals surface area contributed by atoms with Gasteiger partial charge in [-0.1, -0.05) is 0 Å². The molecular formula is C13H19F2NO2. The van der Waals surface area contributed by atoms with Crippen LogP contribution in [0.15, 0.2) is 12.1 Å². The Labute approximate surface area is 106 Å². The molecule has 0 saturated carbocycles. The standard InChI is InChI=1S/C13H19F2NO2/c1-13(14,15)10-8-12(18-3)11(17-2)7-9(10)5-4-6-16/h7-8H,4-6,16H2,1-3H3. The van der Waals surface area contributed by atoms with Crippen molar-refractivity contribution in [3.63, 3.8) is 0 Å². The van der Waals surface area contributed by atoms with E-state index < -0.39 is 5.92 Å². The molecule has 102 valence electrons. The van der Waals surface area contributed by atoms with Crippen molar-refractivity contribution in [2.75, 3.05) is 20.8 Å². The Bertz CT molecular complexity index is 403. The molecule has 0 fully saturated rings. The minimum absolute atomic E-state index is 0.0337. The summed E-state index contributed by atoms with van der Waals surface area (Å²) in [5.74, 6) is -2.15. The number of benzene rings is 1. The van der Waals surface area contributed by atoms with Gasteiger partial charge in [0, 0.05) is 12.5 Å². The summed E-state index contributed by atoms with van der Waals surface area (Å²) in [7, 11) is 2.91. The summed E-state index contributed by atoms with van der Waals surface area (Å²) in [6, 6.07) is 2.94. The van der Waals surface area contributed by atoms with E-state index in [-0.39, 0.29) is 5.56 Å². The van der Waals surface area contributed by atoms with E-state index in [4.69, 9.17) is 15.2 Å². The molecule has 0 atom stereocenters. The largest absolute Gasteiger partial charge is 0.493 e. The summed E-state index contributed by atoms with van der Waals surface area (Å²) in [5.41, 5.74) is 5.93. The maximum Gasteiger partial charge on any atom is 0.270 e. The molecule has 0 heterocycles. The van der Waals surface area contributed by atoms with Crippen LogP contribution in [0.25, 0.3) is 0 Å². The van der Waals surface area contributed by atoms with Crippen molar-refractivity contribution < 1.29 is 18.3 Å². The van der Waals surface area contributed by atoms with Crippen LogP contribution in [-0.2, 0) is 12.3 Å². The number of ether oxygens (including phenoxy) is 2. The van der Waals surface area contributed by atoms with Gasteiger partial charge in [-0.05, 0) is 37.1 Å². The minimum Gasteiger partial charge on any atom is -0.493 e. The molecule has 18 heavy (non-hydrogen) atoms. The first-order chi connectivity index (χ1) is 8.43. The van der Waals surface area contributed by atoms with Crippen LogP contribution >= 0.6 is 0 Å². The first-order valence-electron chi connectivity index (χ1n) is 5.77. The third-order valence-electron chi connectivity index (χ3n) is 2.73. The van der Waals surface area contributed by atoms with Crippen molar-refractivity contribution >= 4 is 0 Å². The predicted octanol–water partition coefficient (Wildman–Crippen LogP) is 2.71. The third-order valence-corrected chi connectivity index (χ3v) is 2.73. The second-order valence-corrected chi connectivity index (χ2v) is 4.14. The summed E-state index contributed by atoms with van der Waals surface area (Å²) in [6.07, 6.45) is 1.15. The molecule has 0 bridgehead atoms. The normalized spacial score (nSPS) is 11.4. The topological polar surface area (TPSA) is 44.5 Å². The molecule has 0 radical (unpaired) electrons. The number of rotatable bonds is 6. The van der Waals surface area contributed by atoms with Gasteiger partial charge in [-0.3, -0.25) is 0 Å². The first kappa shape index (κ1) is 14.7. The lowest BCUT2D eigenvalue weighted by molar-refractivity contribution is 0.0162. The molecule has 0 aliphatic carbocycles. The number of hydrogen-bond donors (Lipinski definition) is 1. The van der Waals surface area contributed by atoms with Gasteiger partial charge in [0.25, 0.3) is 5.92 Å². The van der Waals surface area contributed by atoms with E-state index in [1.807, 2.05) is 0 Å². The number of methoxy groups -OCH3 is 2. The highest BCUT2D eigenvalue weighted by Gasteiger charge is 2.29. The van der Waals surface area contributed by atoms with Gasteiger partial charge < -0.3 is 15.2 Å². The van der Waals surface area contributed by atoms with E-state index in [0.717, 1.165) is 6.92 Å². The van der Waals surface area contributed by atoms with Gasteiger partial charge in [0.05, 0.1) is 14.2 Å². The molecule has 1 aromatic carbocycles. The van der Waals surface area contributed by atoms with Crippen LogP contribution in [0.3, 0.4) is 0 Å². The molecule has 5 heteroatoms. The number of halogens is 2. The van der Waals surface area contributed by atoms with Gasteiger partial charge >= 0.3 is 0 Å². The monoisotopic (exact) mass is 259 g/mol. The zero-order valence-electron chi connectivity index (χ0n) is 10.9. The number of alkyl halides is 2. The summed E-state index contributed by atoms with van der Waals surface area (Å²) >= 11 is 0. The maximum atomic E-state index is 13.6. The zero-order valence-corrected chi connectivity index (χ0v) is 10.9. The minimum atomic E-state index is -2.91. The van der Waals surface area contributed by atoms with Crippen molar-refractivity contribution in [1.29, 1.82) is 0 Å². The fourth-order valence-electron chi connectivity index (χ4n) is 1.83. The number of aryl methyl sites for hydroxylation is 1. The molecule has 0 unspecified atom stereocenters. The molecule has 1 rings (SSSR count). The van der Waals surface area contributed by atoms with E-state index in [9.17, 15) is 8.78 Å². The molecule has 0 aromatic heterocycles. The van der Waals surface area contributed by atoms with Gasteiger partial charge in [0.2, 0.25) is 0 Å². The molecule has 0 spiro atoms. The number of hydrogen-bond acceptors (Lipinski definition) is 3. The lowest BCUT2D eigenvalue weighted by Gasteiger charge is -2.19. The highest BCUT2D eigenvalue weighted by molar-refractivity contribution is 5.48. The average molecular weight is 259 g/mol. The summed E-state index contributed by atoms with van der Waals surface area (Å²) < 4.78 is 37.3. The van der Waals surface area contributed by atoms with Crippen molar-refractivity contribution in [2.45, 2.75) is 25.7 Å². The van der Waals surface area contributed by atoms with E-state index in [0.29, 0.717) is 36.4 Å². The van der Waals surface area contributed by atoms with Crippen molar-refractivity contribution in [3.8, 4) is 11.5 Å². The predicted molar refractivity (Wildman–Crippen MR) is 66.5 cm³/mol. The van der Waals surface area contributed by atoms with Crippen molar-refractivity contribution in [2.24, 2.45) is 5.73 Å². The Morgan fingerprint density at radius 3 is 2.17 bits per heavy atom. The van der Waals surface area contributed by atoms with Crippen LogP contribution in [0.4, 0.5) is 8.78 Å². The summed E-state index contributed by atoms with van der Waals surface area (Å²) in [6.45, 7) is 1.34. The second-order valence-electron chi connectivity index (χ2n) is 4.14.